The first-order valence-electron chi connectivity index (χ1n) is 10.2. The topological polar surface area (TPSA) is 43.9 Å². The molecule has 5 nitrogen and oxygen atoms in total. The number of rotatable bonds is 3. The van der Waals surface area contributed by atoms with Crippen LogP contribution in [0.4, 0.5) is 11.4 Å². The van der Waals surface area contributed by atoms with E-state index < -0.39 is 0 Å². The van der Waals surface area contributed by atoms with Crippen LogP contribution in [-0.4, -0.2) is 54.7 Å². The van der Waals surface area contributed by atoms with E-state index >= 15 is 0 Å². The maximum Gasteiger partial charge on any atom is 0.242 e. The maximum atomic E-state index is 13.1. The average molecular weight is 410 g/mol. The molecule has 4 rings (SSSR count). The van der Waals surface area contributed by atoms with Gasteiger partial charge in [-0.05, 0) is 43.7 Å². The van der Waals surface area contributed by atoms with E-state index in [9.17, 15) is 9.59 Å². The molecule has 0 aromatic heterocycles. The number of thioether (sulfide) groups is 1. The van der Waals surface area contributed by atoms with Gasteiger partial charge in [0.1, 0.15) is 6.54 Å². The Morgan fingerprint density at radius 1 is 1.14 bits per heavy atom. The van der Waals surface area contributed by atoms with Gasteiger partial charge < -0.3 is 14.7 Å². The van der Waals surface area contributed by atoms with Gasteiger partial charge in [0.2, 0.25) is 11.8 Å². The number of amides is 2. The number of piperazine rings is 1. The lowest BCUT2D eigenvalue weighted by Gasteiger charge is -2.42. The van der Waals surface area contributed by atoms with E-state index in [1.807, 2.05) is 29.2 Å². The van der Waals surface area contributed by atoms with Crippen LogP contribution in [-0.2, 0) is 9.59 Å². The van der Waals surface area contributed by atoms with Gasteiger partial charge in [0.05, 0.1) is 5.69 Å². The number of fused-ring (bicyclic) bond motifs is 1. The van der Waals surface area contributed by atoms with Crippen LogP contribution in [0.5, 0.6) is 0 Å². The summed E-state index contributed by atoms with van der Waals surface area (Å²) in [4.78, 5) is 32.8. The molecule has 2 aliphatic heterocycles. The quantitative estimate of drug-likeness (QED) is 0.778. The smallest absolute Gasteiger partial charge is 0.242 e. The molecule has 0 saturated carbocycles. The summed E-state index contributed by atoms with van der Waals surface area (Å²) in [5.41, 5.74) is 3.31. The van der Waals surface area contributed by atoms with E-state index in [4.69, 9.17) is 0 Å². The second kappa shape index (κ2) is 8.49. The molecule has 0 N–H and O–H groups in total. The van der Waals surface area contributed by atoms with Gasteiger partial charge >= 0.3 is 0 Å². The van der Waals surface area contributed by atoms with Crippen LogP contribution in [0, 0.1) is 6.92 Å². The Bertz CT molecular complexity index is 917. The molecular weight excluding hydrogens is 382 g/mol. The minimum Gasteiger partial charge on any atom is -0.365 e. The molecule has 6 heteroatoms. The first kappa shape index (κ1) is 19.8. The molecule has 1 unspecified atom stereocenters. The van der Waals surface area contributed by atoms with Crippen LogP contribution >= 0.6 is 11.8 Å². The molecule has 0 aliphatic carbocycles. The summed E-state index contributed by atoms with van der Waals surface area (Å²) < 4.78 is 0. The van der Waals surface area contributed by atoms with Crippen molar-refractivity contribution in [3.8, 4) is 0 Å². The first-order chi connectivity index (χ1) is 14.0. The number of carbonyl (C=O) groups is 2. The van der Waals surface area contributed by atoms with Gasteiger partial charge in [-0.15, -0.1) is 11.8 Å². The predicted molar refractivity (Wildman–Crippen MR) is 119 cm³/mol. The van der Waals surface area contributed by atoms with E-state index in [-0.39, 0.29) is 24.4 Å². The Morgan fingerprint density at radius 3 is 2.76 bits per heavy atom. The van der Waals surface area contributed by atoms with Crippen LogP contribution < -0.4 is 9.80 Å². The molecule has 1 saturated heterocycles. The zero-order valence-electron chi connectivity index (χ0n) is 17.0. The molecule has 1 fully saturated rings. The number of carbonyl (C=O) groups excluding carboxylic acids is 2. The fourth-order valence-corrected chi connectivity index (χ4v) is 5.10. The van der Waals surface area contributed by atoms with E-state index in [2.05, 4.69) is 43.0 Å². The van der Waals surface area contributed by atoms with Crippen molar-refractivity contribution in [1.82, 2.24) is 4.90 Å². The van der Waals surface area contributed by atoms with Gasteiger partial charge in [0.25, 0.3) is 0 Å². The minimum atomic E-state index is 0.0239. The summed E-state index contributed by atoms with van der Waals surface area (Å²) in [7, 11) is 0. The van der Waals surface area contributed by atoms with Crippen molar-refractivity contribution in [1.29, 1.82) is 0 Å². The fourth-order valence-electron chi connectivity index (χ4n) is 4.10. The Kier molecular flexibility index (Phi) is 5.81. The number of hydrogen-bond donors (Lipinski definition) is 0. The van der Waals surface area contributed by atoms with Gasteiger partial charge in [-0.25, -0.2) is 0 Å². The number of nitrogens with zero attached hydrogens (tertiary/aromatic N) is 3. The Balaban J connectivity index is 1.45. The highest BCUT2D eigenvalue weighted by Crippen LogP contribution is 2.34. The maximum absolute atomic E-state index is 13.1. The second-order valence-electron chi connectivity index (χ2n) is 7.77. The summed E-state index contributed by atoms with van der Waals surface area (Å²) in [6.45, 7) is 6.53. The van der Waals surface area contributed by atoms with Crippen molar-refractivity contribution in [3.63, 3.8) is 0 Å². The highest BCUT2D eigenvalue weighted by molar-refractivity contribution is 7.99. The fraction of sp³-hybridized carbons (Fsp3) is 0.391. The minimum absolute atomic E-state index is 0.0239. The van der Waals surface area contributed by atoms with E-state index in [1.165, 1.54) is 11.3 Å². The third-order valence-electron chi connectivity index (χ3n) is 5.64. The summed E-state index contributed by atoms with van der Waals surface area (Å²) >= 11 is 1.69. The SMILES string of the molecule is Cc1cccc(N2CCN(C(=O)CN3C(=O)CCSc4ccccc43)CC2C)c1. The normalized spacial score (nSPS) is 19.7. The lowest BCUT2D eigenvalue weighted by Crippen LogP contribution is -2.55. The van der Waals surface area contributed by atoms with Gasteiger partial charge in [-0.2, -0.15) is 0 Å². The molecule has 152 valence electrons. The highest BCUT2D eigenvalue weighted by atomic mass is 32.2. The average Bonchev–Trinajstić information content (AvgIpc) is 2.87. The molecule has 0 spiro atoms. The van der Waals surface area contributed by atoms with E-state index in [0.717, 1.165) is 22.9 Å². The molecule has 2 aromatic carbocycles. The zero-order chi connectivity index (χ0) is 20.4. The Hall–Kier alpha value is -2.47. The van der Waals surface area contributed by atoms with Crippen LogP contribution in [0.3, 0.4) is 0 Å². The van der Waals surface area contributed by atoms with Gasteiger partial charge in [0.15, 0.2) is 0 Å². The third-order valence-corrected chi connectivity index (χ3v) is 6.70. The third kappa shape index (κ3) is 4.27. The number of para-hydroxylation sites is 1. The molecule has 2 aliphatic rings. The van der Waals surface area contributed by atoms with Crippen molar-refractivity contribution < 1.29 is 9.59 Å². The molecule has 2 heterocycles. The second-order valence-corrected chi connectivity index (χ2v) is 8.90. The van der Waals surface area contributed by atoms with Gasteiger partial charge in [0, 0.05) is 48.4 Å². The van der Waals surface area contributed by atoms with Crippen molar-refractivity contribution in [3.05, 3.63) is 54.1 Å². The summed E-state index contributed by atoms with van der Waals surface area (Å²) in [5, 5.41) is 0. The number of aryl methyl sites for hydroxylation is 1. The van der Waals surface area contributed by atoms with Crippen molar-refractivity contribution in [2.24, 2.45) is 0 Å². The highest BCUT2D eigenvalue weighted by Gasteiger charge is 2.30. The van der Waals surface area contributed by atoms with E-state index in [1.54, 1.807) is 16.7 Å². The molecule has 2 amide bonds. The van der Waals surface area contributed by atoms with Crippen LogP contribution in [0.1, 0.15) is 18.9 Å². The zero-order valence-corrected chi connectivity index (χ0v) is 17.8. The molecule has 2 aromatic rings. The molecule has 0 radical (unpaired) electrons. The standard InChI is InChI=1S/C23H27N3O2S/c1-17-6-5-7-19(14-17)25-12-11-24(15-18(25)2)23(28)16-26-20-8-3-4-9-21(20)29-13-10-22(26)27/h3-9,14,18H,10-13,15-16H2,1-2H3. The summed E-state index contributed by atoms with van der Waals surface area (Å²) in [6.07, 6.45) is 0.462. The molecule has 29 heavy (non-hydrogen) atoms. The molecular formula is C23H27N3O2S. The van der Waals surface area contributed by atoms with Crippen molar-refractivity contribution in [2.45, 2.75) is 31.2 Å². The molecule has 0 bridgehead atoms. The number of benzene rings is 2. The number of hydrogen-bond acceptors (Lipinski definition) is 4. The largest absolute Gasteiger partial charge is 0.365 e. The monoisotopic (exact) mass is 409 g/mol. The van der Waals surface area contributed by atoms with Crippen molar-refractivity contribution in [2.75, 3.05) is 41.7 Å². The van der Waals surface area contributed by atoms with Gasteiger partial charge in [-0.1, -0.05) is 24.3 Å². The first-order valence-corrected chi connectivity index (χ1v) is 11.1. The lowest BCUT2D eigenvalue weighted by molar-refractivity contribution is -0.132. The summed E-state index contributed by atoms with van der Waals surface area (Å²) in [5.74, 6) is 0.810. The van der Waals surface area contributed by atoms with Crippen LogP contribution in [0.25, 0.3) is 0 Å². The Morgan fingerprint density at radius 2 is 1.97 bits per heavy atom. The van der Waals surface area contributed by atoms with Crippen LogP contribution in [0.2, 0.25) is 0 Å². The summed E-state index contributed by atoms with van der Waals surface area (Å²) in [6, 6.07) is 16.6. The Labute approximate surface area is 176 Å². The number of anilines is 2. The van der Waals surface area contributed by atoms with Crippen LogP contribution in [0.15, 0.2) is 53.4 Å². The lowest BCUT2D eigenvalue weighted by atomic mass is 10.1. The predicted octanol–water partition coefficient (Wildman–Crippen LogP) is 3.56. The van der Waals surface area contributed by atoms with E-state index in [0.29, 0.717) is 19.5 Å². The molecule has 1 atom stereocenters. The van der Waals surface area contributed by atoms with Gasteiger partial charge in [-0.3, -0.25) is 9.59 Å². The van der Waals surface area contributed by atoms with Crippen molar-refractivity contribution >= 4 is 35.0 Å².